The fourth-order valence-electron chi connectivity index (χ4n) is 4.45. The standard InChI is InChI=1S/C15H24O/c1-10(2)12-6-7-14(4)15(16-14)8-5-11(3)13(15)9-12/h11-13H,1,5-9H2,2-4H3/t11-,12+,13-,14+,15-/m0/s1. The first-order valence-corrected chi connectivity index (χ1v) is 6.84. The Balaban J connectivity index is 1.89. The van der Waals surface area contributed by atoms with E-state index in [1.165, 1.54) is 37.7 Å². The van der Waals surface area contributed by atoms with Crippen molar-refractivity contribution < 1.29 is 4.74 Å². The predicted octanol–water partition coefficient (Wildman–Crippen LogP) is 3.94. The van der Waals surface area contributed by atoms with Gasteiger partial charge in [0.25, 0.3) is 0 Å². The molecule has 1 spiro atoms. The van der Waals surface area contributed by atoms with Crippen molar-refractivity contribution in [3.05, 3.63) is 12.2 Å². The van der Waals surface area contributed by atoms with Gasteiger partial charge < -0.3 is 4.74 Å². The second kappa shape index (κ2) is 3.13. The Kier molecular flexibility index (Phi) is 2.12. The summed E-state index contributed by atoms with van der Waals surface area (Å²) >= 11 is 0. The lowest BCUT2D eigenvalue weighted by atomic mass is 9.79. The highest BCUT2D eigenvalue weighted by Gasteiger charge is 2.73. The highest BCUT2D eigenvalue weighted by atomic mass is 16.6. The third-order valence-corrected chi connectivity index (χ3v) is 5.72. The van der Waals surface area contributed by atoms with Crippen LogP contribution in [-0.4, -0.2) is 11.2 Å². The predicted molar refractivity (Wildman–Crippen MR) is 66.3 cm³/mol. The van der Waals surface area contributed by atoms with Crippen LogP contribution in [0, 0.1) is 17.8 Å². The number of rotatable bonds is 1. The maximum absolute atomic E-state index is 6.23. The molecule has 3 rings (SSSR count). The smallest absolute Gasteiger partial charge is 0.101 e. The van der Waals surface area contributed by atoms with Crippen molar-refractivity contribution in [1.29, 1.82) is 0 Å². The quantitative estimate of drug-likeness (QED) is 0.482. The molecule has 0 bridgehead atoms. The Morgan fingerprint density at radius 1 is 1.31 bits per heavy atom. The summed E-state index contributed by atoms with van der Waals surface area (Å²) in [6.07, 6.45) is 6.53. The Morgan fingerprint density at radius 2 is 2.06 bits per heavy atom. The van der Waals surface area contributed by atoms with E-state index in [1.54, 1.807) is 0 Å². The molecule has 1 aliphatic heterocycles. The summed E-state index contributed by atoms with van der Waals surface area (Å²) in [7, 11) is 0. The van der Waals surface area contributed by atoms with Gasteiger partial charge in [0.05, 0.1) is 5.60 Å². The highest BCUT2D eigenvalue weighted by Crippen LogP contribution is 2.67. The van der Waals surface area contributed by atoms with Gasteiger partial charge in [-0.05, 0) is 63.7 Å². The first-order valence-electron chi connectivity index (χ1n) is 6.84. The zero-order valence-corrected chi connectivity index (χ0v) is 10.9. The van der Waals surface area contributed by atoms with E-state index in [0.29, 0.717) is 0 Å². The summed E-state index contributed by atoms with van der Waals surface area (Å²) in [5.74, 6) is 2.39. The van der Waals surface area contributed by atoms with Crippen molar-refractivity contribution in [2.24, 2.45) is 17.8 Å². The molecule has 2 saturated carbocycles. The zero-order valence-electron chi connectivity index (χ0n) is 10.9. The van der Waals surface area contributed by atoms with Crippen molar-refractivity contribution in [3.63, 3.8) is 0 Å². The molecule has 5 atom stereocenters. The summed E-state index contributed by atoms with van der Waals surface area (Å²) in [5, 5.41) is 0. The summed E-state index contributed by atoms with van der Waals surface area (Å²) in [6, 6.07) is 0. The van der Waals surface area contributed by atoms with Crippen molar-refractivity contribution in [2.75, 3.05) is 0 Å². The van der Waals surface area contributed by atoms with E-state index in [4.69, 9.17) is 4.74 Å². The molecule has 0 aromatic carbocycles. The van der Waals surface area contributed by atoms with Crippen LogP contribution in [0.5, 0.6) is 0 Å². The number of epoxide rings is 1. The normalized spacial score (nSPS) is 55.1. The number of hydrogen-bond acceptors (Lipinski definition) is 1. The van der Waals surface area contributed by atoms with Crippen LogP contribution in [0.4, 0.5) is 0 Å². The lowest BCUT2D eigenvalue weighted by Gasteiger charge is -2.24. The molecule has 0 aromatic heterocycles. The Bertz CT molecular complexity index is 330. The minimum absolute atomic E-state index is 0.215. The van der Waals surface area contributed by atoms with Crippen molar-refractivity contribution in [2.45, 2.75) is 64.1 Å². The van der Waals surface area contributed by atoms with Gasteiger partial charge in [0, 0.05) is 0 Å². The topological polar surface area (TPSA) is 12.5 Å². The molecule has 0 radical (unpaired) electrons. The Morgan fingerprint density at radius 3 is 2.75 bits per heavy atom. The fraction of sp³-hybridized carbons (Fsp3) is 0.867. The van der Waals surface area contributed by atoms with Crippen LogP contribution in [0.3, 0.4) is 0 Å². The average Bonchev–Trinajstić information content (AvgIpc) is 2.71. The van der Waals surface area contributed by atoms with E-state index in [2.05, 4.69) is 27.4 Å². The Hall–Kier alpha value is -0.300. The molecule has 0 aromatic rings. The summed E-state index contributed by atoms with van der Waals surface area (Å²) in [6.45, 7) is 11.1. The van der Waals surface area contributed by atoms with Gasteiger partial charge in [-0.2, -0.15) is 0 Å². The van der Waals surface area contributed by atoms with Crippen LogP contribution in [0.15, 0.2) is 12.2 Å². The van der Waals surface area contributed by atoms with Crippen molar-refractivity contribution in [1.82, 2.24) is 0 Å². The molecule has 0 amide bonds. The van der Waals surface area contributed by atoms with Crippen molar-refractivity contribution >= 4 is 0 Å². The van der Waals surface area contributed by atoms with Gasteiger partial charge in [-0.15, -0.1) is 0 Å². The van der Waals surface area contributed by atoms with Crippen LogP contribution in [0.2, 0.25) is 0 Å². The van der Waals surface area contributed by atoms with Gasteiger partial charge in [-0.25, -0.2) is 0 Å². The zero-order chi connectivity index (χ0) is 11.6. The second-order valence-electron chi connectivity index (χ2n) is 6.66. The molecular weight excluding hydrogens is 196 g/mol. The maximum atomic E-state index is 6.23. The second-order valence-corrected chi connectivity index (χ2v) is 6.66. The molecular formula is C15H24O. The van der Waals surface area contributed by atoms with E-state index >= 15 is 0 Å². The van der Waals surface area contributed by atoms with E-state index < -0.39 is 0 Å². The number of hydrogen-bond donors (Lipinski definition) is 0. The van der Waals surface area contributed by atoms with Crippen LogP contribution in [-0.2, 0) is 4.74 Å². The first kappa shape index (κ1) is 10.8. The monoisotopic (exact) mass is 220 g/mol. The van der Waals surface area contributed by atoms with Crippen LogP contribution >= 0.6 is 0 Å². The van der Waals surface area contributed by atoms with Crippen LogP contribution < -0.4 is 0 Å². The third kappa shape index (κ3) is 1.21. The molecule has 16 heavy (non-hydrogen) atoms. The van der Waals surface area contributed by atoms with Gasteiger partial charge in [-0.1, -0.05) is 19.1 Å². The molecule has 3 aliphatic rings. The minimum Gasteiger partial charge on any atom is -0.363 e. The number of ether oxygens (including phenoxy) is 1. The van der Waals surface area contributed by atoms with Crippen LogP contribution in [0.1, 0.15) is 52.9 Å². The number of allylic oxidation sites excluding steroid dienone is 1. The van der Waals surface area contributed by atoms with Gasteiger partial charge in [0.1, 0.15) is 5.60 Å². The molecule has 1 nitrogen and oxygen atoms in total. The van der Waals surface area contributed by atoms with E-state index in [0.717, 1.165) is 17.8 Å². The van der Waals surface area contributed by atoms with Gasteiger partial charge >= 0.3 is 0 Å². The summed E-state index contributed by atoms with van der Waals surface area (Å²) in [5.41, 5.74) is 1.88. The van der Waals surface area contributed by atoms with E-state index in [1.807, 2.05) is 0 Å². The molecule has 1 heterocycles. The SMILES string of the molecule is C=C(C)[C@@H]1CC[C@@]2(C)O[C@]23CC[C@H](C)[C@@H]3C1. The third-order valence-electron chi connectivity index (χ3n) is 5.72. The van der Waals surface area contributed by atoms with Gasteiger partial charge in [0.2, 0.25) is 0 Å². The summed E-state index contributed by atoms with van der Waals surface area (Å²) in [4.78, 5) is 0. The minimum atomic E-state index is 0.215. The van der Waals surface area contributed by atoms with Crippen LogP contribution in [0.25, 0.3) is 0 Å². The molecule has 1 heteroatoms. The molecule has 90 valence electrons. The first-order chi connectivity index (χ1) is 7.48. The fourth-order valence-corrected chi connectivity index (χ4v) is 4.45. The highest BCUT2D eigenvalue weighted by molar-refractivity contribution is 5.22. The largest absolute Gasteiger partial charge is 0.363 e. The summed E-state index contributed by atoms with van der Waals surface area (Å²) < 4.78 is 6.23. The average molecular weight is 220 g/mol. The van der Waals surface area contributed by atoms with Gasteiger partial charge in [0.15, 0.2) is 0 Å². The maximum Gasteiger partial charge on any atom is 0.101 e. The van der Waals surface area contributed by atoms with Crippen molar-refractivity contribution in [3.8, 4) is 0 Å². The molecule has 0 unspecified atom stereocenters. The van der Waals surface area contributed by atoms with E-state index in [9.17, 15) is 0 Å². The molecule has 2 aliphatic carbocycles. The molecule has 1 saturated heterocycles. The lowest BCUT2D eigenvalue weighted by molar-refractivity contribution is 0.178. The lowest BCUT2D eigenvalue weighted by Crippen LogP contribution is -2.28. The molecule has 3 fully saturated rings. The molecule has 0 N–H and O–H groups in total. The van der Waals surface area contributed by atoms with E-state index in [-0.39, 0.29) is 11.2 Å². The van der Waals surface area contributed by atoms with Gasteiger partial charge in [-0.3, -0.25) is 0 Å². The Labute approximate surface area is 99.3 Å².